The summed E-state index contributed by atoms with van der Waals surface area (Å²) in [6, 6.07) is 4.63. The Balaban J connectivity index is 2.18. The average molecular weight is 296 g/mol. The molecule has 0 aliphatic heterocycles. The molecule has 1 heterocycles. The molecule has 1 aromatic heterocycles. The van der Waals surface area contributed by atoms with Crippen LogP contribution in [0.1, 0.15) is 36.3 Å². The fourth-order valence-electron chi connectivity index (χ4n) is 3.29. The minimum absolute atomic E-state index is 0.0185. The van der Waals surface area contributed by atoms with Gasteiger partial charge in [0.2, 0.25) is 5.69 Å². The Morgan fingerprint density at radius 2 is 2.05 bits per heavy atom. The van der Waals surface area contributed by atoms with Gasteiger partial charge in [0.25, 0.3) is 0 Å². The second kappa shape index (κ2) is 4.81. The fraction of sp³-hybridized carbons (Fsp3) is 0.333. The number of benzene rings is 1. The van der Waals surface area contributed by atoms with Crippen LogP contribution in [0.25, 0.3) is 16.0 Å². The number of ketones is 1. The number of hydrogen-bond donors (Lipinski definition) is 0. The molecule has 0 saturated carbocycles. The molecule has 22 heavy (non-hydrogen) atoms. The van der Waals surface area contributed by atoms with E-state index in [0.29, 0.717) is 12.0 Å². The molecule has 0 atom stereocenters. The van der Waals surface area contributed by atoms with E-state index in [4.69, 9.17) is 6.57 Å². The summed E-state index contributed by atoms with van der Waals surface area (Å²) in [6.45, 7) is 11.1. The van der Waals surface area contributed by atoms with Crippen molar-refractivity contribution in [3.05, 3.63) is 52.9 Å². The largest absolute Gasteiger partial charge is 0.347 e. The molecule has 0 radical (unpaired) electrons. The summed E-state index contributed by atoms with van der Waals surface area (Å²) >= 11 is 0. The van der Waals surface area contributed by atoms with Gasteiger partial charge in [0, 0.05) is 25.2 Å². The van der Waals surface area contributed by atoms with Gasteiger partial charge in [-0.25, -0.2) is 9.24 Å². The smallest absolute Gasteiger partial charge is 0.222 e. The molecular weight excluding hydrogens is 279 g/mol. The van der Waals surface area contributed by atoms with Crippen molar-refractivity contribution in [2.75, 3.05) is 0 Å². The molecule has 3 rings (SSSR count). The number of aromatic nitrogens is 1. The Bertz CT molecular complexity index is 824. The van der Waals surface area contributed by atoms with Crippen molar-refractivity contribution < 1.29 is 9.18 Å². The van der Waals surface area contributed by atoms with Crippen molar-refractivity contribution in [3.8, 4) is 11.1 Å². The van der Waals surface area contributed by atoms with E-state index in [1.807, 2.05) is 17.8 Å². The van der Waals surface area contributed by atoms with E-state index in [9.17, 15) is 9.18 Å². The van der Waals surface area contributed by atoms with Crippen LogP contribution < -0.4 is 0 Å². The van der Waals surface area contributed by atoms with Gasteiger partial charge in [-0.15, -0.1) is 0 Å². The maximum absolute atomic E-state index is 13.9. The highest BCUT2D eigenvalue weighted by molar-refractivity contribution is 6.00. The number of nitrogens with zero attached hydrogens (tertiary/aromatic N) is 2. The van der Waals surface area contributed by atoms with E-state index >= 15 is 0 Å². The van der Waals surface area contributed by atoms with Crippen LogP contribution in [0.3, 0.4) is 0 Å². The van der Waals surface area contributed by atoms with Crippen molar-refractivity contribution in [1.82, 2.24) is 4.57 Å². The van der Waals surface area contributed by atoms with E-state index in [1.165, 1.54) is 12.1 Å². The van der Waals surface area contributed by atoms with Crippen molar-refractivity contribution in [3.63, 3.8) is 0 Å². The lowest BCUT2D eigenvalue weighted by molar-refractivity contribution is 0.0903. The summed E-state index contributed by atoms with van der Waals surface area (Å²) in [6.07, 6.45) is 3.20. The Kier molecular flexibility index (Phi) is 3.17. The minimum atomic E-state index is -0.522. The number of carbonyl (C=O) groups excluding carboxylic acids is 1. The second-order valence-electron chi connectivity index (χ2n) is 6.70. The van der Waals surface area contributed by atoms with Crippen molar-refractivity contribution in [2.24, 2.45) is 12.5 Å². The molecule has 0 bridgehead atoms. The maximum atomic E-state index is 13.9. The molecule has 4 heteroatoms. The Morgan fingerprint density at radius 3 is 2.68 bits per heavy atom. The van der Waals surface area contributed by atoms with Gasteiger partial charge in [0.05, 0.1) is 12.3 Å². The lowest BCUT2D eigenvalue weighted by Gasteiger charge is -2.29. The number of halogens is 1. The van der Waals surface area contributed by atoms with Gasteiger partial charge in [0.1, 0.15) is 5.82 Å². The zero-order valence-corrected chi connectivity index (χ0v) is 12.9. The predicted molar refractivity (Wildman–Crippen MR) is 83.5 cm³/mol. The van der Waals surface area contributed by atoms with Crippen LogP contribution in [0.4, 0.5) is 10.1 Å². The second-order valence-corrected chi connectivity index (χ2v) is 6.70. The van der Waals surface area contributed by atoms with Gasteiger partial charge in [-0.05, 0) is 29.0 Å². The molecule has 1 aliphatic rings. The molecule has 0 N–H and O–H groups in total. The zero-order chi connectivity index (χ0) is 16.1. The van der Waals surface area contributed by atoms with Crippen molar-refractivity contribution in [1.29, 1.82) is 0 Å². The third-order valence-electron chi connectivity index (χ3n) is 4.22. The van der Waals surface area contributed by atoms with Gasteiger partial charge in [-0.1, -0.05) is 26.0 Å². The van der Waals surface area contributed by atoms with E-state index in [2.05, 4.69) is 18.7 Å². The summed E-state index contributed by atoms with van der Waals surface area (Å²) in [7, 11) is 1.85. The molecule has 0 fully saturated rings. The fourth-order valence-corrected chi connectivity index (χ4v) is 3.29. The molecule has 3 nitrogen and oxygen atoms in total. The Hall–Kier alpha value is -2.41. The van der Waals surface area contributed by atoms with Crippen LogP contribution in [-0.2, 0) is 13.5 Å². The van der Waals surface area contributed by atoms with Gasteiger partial charge in [-0.2, -0.15) is 0 Å². The van der Waals surface area contributed by atoms with Crippen LogP contribution in [-0.4, -0.2) is 10.4 Å². The lowest BCUT2D eigenvalue weighted by Crippen LogP contribution is -2.27. The number of carbonyl (C=O) groups is 1. The molecule has 0 spiro atoms. The third kappa shape index (κ3) is 2.23. The molecule has 1 aromatic carbocycles. The summed E-state index contributed by atoms with van der Waals surface area (Å²) in [5.41, 5.74) is 3.24. The Labute approximate surface area is 129 Å². The van der Waals surface area contributed by atoms with Crippen LogP contribution in [0.5, 0.6) is 0 Å². The van der Waals surface area contributed by atoms with E-state index in [-0.39, 0.29) is 16.9 Å². The number of fused-ring (bicyclic) bond motifs is 1. The molecular formula is C18H17FN2O. The average Bonchev–Trinajstić information content (AvgIpc) is 2.74. The van der Waals surface area contributed by atoms with Crippen LogP contribution in [0.15, 0.2) is 24.4 Å². The highest BCUT2D eigenvalue weighted by atomic mass is 19.1. The molecule has 0 saturated heterocycles. The standard InChI is InChI=1S/C18H17FN2O/c1-18(2)8-12-13(10-21(4)17(12)16(22)9-18)11-5-6-15(20-3)14(19)7-11/h5-7,10H,8-9H2,1-2,4H3. The molecule has 0 amide bonds. The SMILES string of the molecule is [C-]#[N+]c1ccc(-c2cn(C)c3c2CC(C)(C)CC3=O)cc1F. The first-order valence-electron chi connectivity index (χ1n) is 7.21. The molecule has 2 aromatic rings. The predicted octanol–water partition coefficient (Wildman–Crippen LogP) is 4.54. The number of aryl methyl sites for hydroxylation is 1. The highest BCUT2D eigenvalue weighted by Gasteiger charge is 2.35. The Morgan fingerprint density at radius 1 is 1.32 bits per heavy atom. The topological polar surface area (TPSA) is 26.4 Å². The van der Waals surface area contributed by atoms with Gasteiger partial charge in [-0.3, -0.25) is 4.79 Å². The molecule has 0 unspecified atom stereocenters. The van der Waals surface area contributed by atoms with Gasteiger partial charge < -0.3 is 4.57 Å². The zero-order valence-electron chi connectivity index (χ0n) is 12.9. The number of hydrogen-bond acceptors (Lipinski definition) is 1. The number of Topliss-reactive ketones (excluding diaryl/α,β-unsaturated/α-hetero) is 1. The number of rotatable bonds is 1. The van der Waals surface area contributed by atoms with Crippen LogP contribution >= 0.6 is 0 Å². The first-order valence-corrected chi connectivity index (χ1v) is 7.21. The van der Waals surface area contributed by atoms with Gasteiger partial charge >= 0.3 is 0 Å². The summed E-state index contributed by atoms with van der Waals surface area (Å²) in [5.74, 6) is -0.384. The summed E-state index contributed by atoms with van der Waals surface area (Å²) in [4.78, 5) is 15.5. The maximum Gasteiger partial charge on any atom is 0.222 e. The van der Waals surface area contributed by atoms with Crippen molar-refractivity contribution >= 4 is 11.5 Å². The molecule has 112 valence electrons. The third-order valence-corrected chi connectivity index (χ3v) is 4.22. The lowest BCUT2D eigenvalue weighted by atomic mass is 9.74. The van der Waals surface area contributed by atoms with Gasteiger partial charge in [0.15, 0.2) is 5.78 Å². The van der Waals surface area contributed by atoms with Crippen LogP contribution in [0.2, 0.25) is 0 Å². The van der Waals surface area contributed by atoms with Crippen molar-refractivity contribution in [2.45, 2.75) is 26.7 Å². The monoisotopic (exact) mass is 296 g/mol. The summed E-state index contributed by atoms with van der Waals surface area (Å²) in [5, 5.41) is 0. The quantitative estimate of drug-likeness (QED) is 0.710. The molecule has 1 aliphatic carbocycles. The van der Waals surface area contributed by atoms with E-state index in [1.54, 1.807) is 6.07 Å². The minimum Gasteiger partial charge on any atom is -0.347 e. The first-order chi connectivity index (χ1) is 10.3. The van der Waals surface area contributed by atoms with Crippen LogP contribution in [0, 0.1) is 17.8 Å². The first kappa shape index (κ1) is 14.5. The normalized spacial score (nSPS) is 16.2. The summed E-state index contributed by atoms with van der Waals surface area (Å²) < 4.78 is 15.8. The highest BCUT2D eigenvalue weighted by Crippen LogP contribution is 2.40. The van der Waals surface area contributed by atoms with E-state index in [0.717, 1.165) is 23.2 Å². The van der Waals surface area contributed by atoms with E-state index < -0.39 is 5.82 Å².